The normalized spacial score (nSPS) is 11.9. The molecule has 104 valence electrons. The molecule has 0 aromatic heterocycles. The van der Waals surface area contributed by atoms with Crippen LogP contribution in [0.2, 0.25) is 0 Å². The molecule has 1 amide bonds. The second-order valence-corrected chi connectivity index (χ2v) is 5.68. The number of hydrogen-bond acceptors (Lipinski definition) is 2. The van der Waals surface area contributed by atoms with Crippen LogP contribution in [0.3, 0.4) is 0 Å². The van der Waals surface area contributed by atoms with Crippen LogP contribution in [0.15, 0.2) is 46.9 Å². The highest BCUT2D eigenvalue weighted by atomic mass is 79.9. The lowest BCUT2D eigenvalue weighted by molar-refractivity contribution is 0.0940. The van der Waals surface area contributed by atoms with E-state index in [1.54, 1.807) is 0 Å². The second kappa shape index (κ2) is 6.09. The number of anilines is 1. The zero-order valence-corrected chi connectivity index (χ0v) is 13.1. The Morgan fingerprint density at radius 3 is 2.45 bits per heavy atom. The Balaban J connectivity index is 2.10. The van der Waals surface area contributed by atoms with Crippen molar-refractivity contribution in [2.45, 2.75) is 19.9 Å². The number of amides is 1. The van der Waals surface area contributed by atoms with Crippen LogP contribution in [0.4, 0.5) is 5.69 Å². The molecule has 0 saturated carbocycles. The lowest BCUT2D eigenvalue weighted by Crippen LogP contribution is -2.26. The number of nitrogens with two attached hydrogens (primary N) is 1. The van der Waals surface area contributed by atoms with Crippen molar-refractivity contribution in [2.75, 3.05) is 5.73 Å². The highest BCUT2D eigenvalue weighted by molar-refractivity contribution is 9.10. The van der Waals surface area contributed by atoms with E-state index in [1.165, 1.54) is 0 Å². The fourth-order valence-electron chi connectivity index (χ4n) is 1.93. The zero-order chi connectivity index (χ0) is 14.7. The fraction of sp³-hybridized carbons (Fsp3) is 0.188. The van der Waals surface area contributed by atoms with Crippen LogP contribution in [0.25, 0.3) is 0 Å². The zero-order valence-electron chi connectivity index (χ0n) is 11.5. The SMILES string of the molecule is Cc1cc(C(=O)NC(C)c2ccc(N)cc2)ccc1Br. The molecule has 1 unspecified atom stereocenters. The van der Waals surface area contributed by atoms with E-state index in [1.807, 2.05) is 56.3 Å². The number of rotatable bonds is 3. The third-order valence-electron chi connectivity index (χ3n) is 3.20. The second-order valence-electron chi connectivity index (χ2n) is 4.83. The molecule has 0 aliphatic heterocycles. The van der Waals surface area contributed by atoms with Gasteiger partial charge in [-0.15, -0.1) is 0 Å². The Bertz CT molecular complexity index is 623. The summed E-state index contributed by atoms with van der Waals surface area (Å²) in [6.45, 7) is 3.92. The molecular formula is C16H17BrN2O. The van der Waals surface area contributed by atoms with Crippen molar-refractivity contribution in [2.24, 2.45) is 0 Å². The summed E-state index contributed by atoms with van der Waals surface area (Å²) in [6, 6.07) is 13.0. The van der Waals surface area contributed by atoms with Crippen molar-refractivity contribution in [3.05, 3.63) is 63.6 Å². The molecule has 0 radical (unpaired) electrons. The van der Waals surface area contributed by atoms with Crippen LogP contribution in [0, 0.1) is 6.92 Å². The van der Waals surface area contributed by atoms with Gasteiger partial charge in [-0.3, -0.25) is 4.79 Å². The van der Waals surface area contributed by atoms with Crippen molar-refractivity contribution >= 4 is 27.5 Å². The first kappa shape index (κ1) is 14.6. The number of carbonyl (C=O) groups excluding carboxylic acids is 1. The largest absolute Gasteiger partial charge is 0.399 e. The van der Waals surface area contributed by atoms with Crippen LogP contribution in [0.1, 0.15) is 34.5 Å². The molecule has 0 bridgehead atoms. The first-order valence-corrected chi connectivity index (χ1v) is 7.19. The van der Waals surface area contributed by atoms with Crippen molar-refractivity contribution in [3.63, 3.8) is 0 Å². The molecule has 3 nitrogen and oxygen atoms in total. The highest BCUT2D eigenvalue weighted by Gasteiger charge is 2.12. The Kier molecular flexibility index (Phi) is 4.45. The van der Waals surface area contributed by atoms with E-state index in [2.05, 4.69) is 21.2 Å². The molecule has 4 heteroatoms. The number of nitrogens with one attached hydrogen (secondary N) is 1. The highest BCUT2D eigenvalue weighted by Crippen LogP contribution is 2.19. The molecule has 2 rings (SSSR count). The van der Waals surface area contributed by atoms with E-state index < -0.39 is 0 Å². The van der Waals surface area contributed by atoms with E-state index in [9.17, 15) is 4.79 Å². The van der Waals surface area contributed by atoms with Gasteiger partial charge >= 0.3 is 0 Å². The molecule has 0 spiro atoms. The predicted octanol–water partition coefficient (Wildman–Crippen LogP) is 3.83. The first-order chi connectivity index (χ1) is 9.47. The lowest BCUT2D eigenvalue weighted by atomic mass is 10.1. The van der Waals surface area contributed by atoms with Crippen molar-refractivity contribution in [3.8, 4) is 0 Å². The average molecular weight is 333 g/mol. The van der Waals surface area contributed by atoms with Crippen molar-refractivity contribution in [1.29, 1.82) is 0 Å². The van der Waals surface area contributed by atoms with Gasteiger partial charge in [-0.05, 0) is 55.3 Å². The molecule has 0 aliphatic rings. The maximum absolute atomic E-state index is 12.2. The van der Waals surface area contributed by atoms with Crippen LogP contribution in [0.5, 0.6) is 0 Å². The molecule has 2 aromatic carbocycles. The molecule has 2 aromatic rings. The van der Waals surface area contributed by atoms with Gasteiger partial charge in [0, 0.05) is 15.7 Å². The number of halogens is 1. The van der Waals surface area contributed by atoms with E-state index >= 15 is 0 Å². The van der Waals surface area contributed by atoms with E-state index in [0.717, 1.165) is 21.3 Å². The Morgan fingerprint density at radius 1 is 1.20 bits per heavy atom. The van der Waals surface area contributed by atoms with Gasteiger partial charge in [-0.1, -0.05) is 28.1 Å². The quantitative estimate of drug-likeness (QED) is 0.839. The summed E-state index contributed by atoms with van der Waals surface area (Å²) in [4.78, 5) is 12.2. The summed E-state index contributed by atoms with van der Waals surface area (Å²) in [5.41, 5.74) is 9.11. The minimum Gasteiger partial charge on any atom is -0.399 e. The van der Waals surface area contributed by atoms with E-state index in [4.69, 9.17) is 5.73 Å². The van der Waals surface area contributed by atoms with Crippen molar-refractivity contribution in [1.82, 2.24) is 5.32 Å². The van der Waals surface area contributed by atoms with Gasteiger partial charge in [-0.25, -0.2) is 0 Å². The molecule has 0 aliphatic carbocycles. The Morgan fingerprint density at radius 2 is 1.85 bits per heavy atom. The van der Waals surface area contributed by atoms with Gasteiger partial charge in [0.15, 0.2) is 0 Å². The van der Waals surface area contributed by atoms with Gasteiger partial charge in [0.25, 0.3) is 5.91 Å². The summed E-state index contributed by atoms with van der Waals surface area (Å²) in [5.74, 6) is -0.0788. The molecule has 0 saturated heterocycles. The summed E-state index contributed by atoms with van der Waals surface area (Å²) in [5, 5.41) is 2.98. The molecule has 3 N–H and O–H groups in total. The van der Waals surface area contributed by atoms with Gasteiger partial charge in [0.2, 0.25) is 0 Å². The minimum absolute atomic E-state index is 0.0629. The van der Waals surface area contributed by atoms with Gasteiger partial charge in [-0.2, -0.15) is 0 Å². The summed E-state index contributed by atoms with van der Waals surface area (Å²) >= 11 is 3.43. The monoisotopic (exact) mass is 332 g/mol. The standard InChI is InChI=1S/C16H17BrN2O/c1-10-9-13(5-8-15(10)17)16(20)19-11(2)12-3-6-14(18)7-4-12/h3-9,11H,18H2,1-2H3,(H,19,20). The first-order valence-electron chi connectivity index (χ1n) is 6.40. The van der Waals surface area contributed by atoms with Crippen molar-refractivity contribution < 1.29 is 4.79 Å². The third-order valence-corrected chi connectivity index (χ3v) is 4.09. The van der Waals surface area contributed by atoms with Gasteiger partial charge in [0.1, 0.15) is 0 Å². The summed E-state index contributed by atoms with van der Waals surface area (Å²) in [7, 11) is 0. The minimum atomic E-state index is -0.0788. The molecule has 0 fully saturated rings. The maximum Gasteiger partial charge on any atom is 0.251 e. The predicted molar refractivity (Wildman–Crippen MR) is 85.6 cm³/mol. The van der Waals surface area contributed by atoms with E-state index in [-0.39, 0.29) is 11.9 Å². The van der Waals surface area contributed by atoms with Crippen LogP contribution in [-0.2, 0) is 0 Å². The lowest BCUT2D eigenvalue weighted by Gasteiger charge is -2.15. The van der Waals surface area contributed by atoms with Gasteiger partial charge in [0.05, 0.1) is 6.04 Å². The van der Waals surface area contributed by atoms with Crippen LogP contribution >= 0.6 is 15.9 Å². The van der Waals surface area contributed by atoms with E-state index in [0.29, 0.717) is 5.56 Å². The summed E-state index contributed by atoms with van der Waals surface area (Å²) < 4.78 is 1.00. The number of carbonyl (C=O) groups is 1. The number of benzene rings is 2. The average Bonchev–Trinajstić information content (AvgIpc) is 2.42. The topological polar surface area (TPSA) is 55.1 Å². The van der Waals surface area contributed by atoms with Crippen LogP contribution < -0.4 is 11.1 Å². The Labute approximate surface area is 127 Å². The fourth-order valence-corrected chi connectivity index (χ4v) is 2.18. The number of nitrogen functional groups attached to an aromatic ring is 1. The smallest absolute Gasteiger partial charge is 0.251 e. The maximum atomic E-state index is 12.2. The van der Waals surface area contributed by atoms with Crippen LogP contribution in [-0.4, -0.2) is 5.91 Å². The molecule has 0 heterocycles. The third kappa shape index (κ3) is 3.39. The summed E-state index contributed by atoms with van der Waals surface area (Å²) in [6.07, 6.45) is 0. The number of aryl methyl sites for hydroxylation is 1. The molecule has 1 atom stereocenters. The number of hydrogen-bond donors (Lipinski definition) is 2. The van der Waals surface area contributed by atoms with Gasteiger partial charge < -0.3 is 11.1 Å². The molecule has 20 heavy (non-hydrogen) atoms. The molecular weight excluding hydrogens is 316 g/mol. The Hall–Kier alpha value is -1.81.